The second kappa shape index (κ2) is 7.57. The molecule has 0 radical (unpaired) electrons. The van der Waals surface area contributed by atoms with Crippen molar-refractivity contribution in [3.63, 3.8) is 0 Å². The van der Waals surface area contributed by atoms with E-state index in [-0.39, 0.29) is 36.1 Å². The first kappa shape index (κ1) is 19.3. The number of nitrogens with zero attached hydrogens (tertiary/aromatic N) is 3. The summed E-state index contributed by atoms with van der Waals surface area (Å²) in [7, 11) is 0. The van der Waals surface area contributed by atoms with Crippen LogP contribution in [0.1, 0.15) is 28.3 Å². The van der Waals surface area contributed by atoms with Crippen LogP contribution in [-0.4, -0.2) is 59.5 Å². The van der Waals surface area contributed by atoms with Crippen LogP contribution >= 0.6 is 0 Å². The highest BCUT2D eigenvalue weighted by atomic mass is 16.7. The molecule has 0 bridgehead atoms. The number of hydrogen-bond donors (Lipinski definition) is 0. The molecule has 2 aromatic rings. The molecule has 9 nitrogen and oxygen atoms in total. The highest BCUT2D eigenvalue weighted by Crippen LogP contribution is 2.50. The highest BCUT2D eigenvalue weighted by molar-refractivity contribution is 5.95. The normalized spacial score (nSPS) is 21.7. The molecular formula is C22H21N3O6. The van der Waals surface area contributed by atoms with Crippen molar-refractivity contribution in [3.05, 3.63) is 63.7 Å². The third-order valence-corrected chi connectivity index (χ3v) is 6.11. The maximum Gasteiger partial charge on any atom is 0.270 e. The van der Waals surface area contributed by atoms with Crippen molar-refractivity contribution >= 4 is 17.5 Å². The quantitative estimate of drug-likeness (QED) is 0.553. The van der Waals surface area contributed by atoms with E-state index in [0.29, 0.717) is 31.7 Å². The van der Waals surface area contributed by atoms with Crippen LogP contribution in [-0.2, 0) is 4.79 Å². The van der Waals surface area contributed by atoms with E-state index < -0.39 is 4.92 Å². The standard InChI is InChI=1S/C22H21N3O6/c26-21(15-2-1-3-16(10-15)25(28)29)23-6-8-24(9-7-23)22(27)18-12-17(18)14-4-5-19-20(11-14)31-13-30-19/h1-5,10-11,17-18H,6-9,12-13H2. The molecule has 0 aromatic heterocycles. The first-order chi connectivity index (χ1) is 15.0. The van der Waals surface area contributed by atoms with Crippen molar-refractivity contribution < 1.29 is 24.0 Å². The number of carbonyl (C=O) groups excluding carboxylic acids is 2. The van der Waals surface area contributed by atoms with Gasteiger partial charge in [0, 0.05) is 49.8 Å². The summed E-state index contributed by atoms with van der Waals surface area (Å²) in [6.45, 7) is 1.97. The summed E-state index contributed by atoms with van der Waals surface area (Å²) < 4.78 is 10.8. The van der Waals surface area contributed by atoms with Gasteiger partial charge in [0.25, 0.3) is 11.6 Å². The summed E-state index contributed by atoms with van der Waals surface area (Å²) in [5, 5.41) is 10.9. The largest absolute Gasteiger partial charge is 0.454 e. The number of fused-ring (bicyclic) bond motifs is 1. The van der Waals surface area contributed by atoms with E-state index >= 15 is 0 Å². The third-order valence-electron chi connectivity index (χ3n) is 6.11. The molecule has 5 rings (SSSR count). The van der Waals surface area contributed by atoms with Gasteiger partial charge in [-0.05, 0) is 36.1 Å². The lowest BCUT2D eigenvalue weighted by molar-refractivity contribution is -0.384. The molecule has 2 fully saturated rings. The van der Waals surface area contributed by atoms with E-state index in [0.717, 1.165) is 23.5 Å². The molecule has 2 unspecified atom stereocenters. The number of piperazine rings is 1. The van der Waals surface area contributed by atoms with Gasteiger partial charge in [-0.1, -0.05) is 12.1 Å². The molecule has 1 saturated carbocycles. The van der Waals surface area contributed by atoms with Gasteiger partial charge in [-0.3, -0.25) is 19.7 Å². The molecule has 31 heavy (non-hydrogen) atoms. The summed E-state index contributed by atoms with van der Waals surface area (Å²) in [6, 6.07) is 11.6. The van der Waals surface area contributed by atoms with E-state index in [1.165, 1.54) is 18.2 Å². The van der Waals surface area contributed by atoms with Gasteiger partial charge in [-0.15, -0.1) is 0 Å². The maximum atomic E-state index is 12.9. The lowest BCUT2D eigenvalue weighted by atomic mass is 10.1. The second-order valence-corrected chi connectivity index (χ2v) is 7.99. The molecular weight excluding hydrogens is 402 g/mol. The molecule has 2 amide bonds. The molecule has 3 aliphatic rings. The summed E-state index contributed by atoms with van der Waals surface area (Å²) in [5.41, 5.74) is 1.27. The van der Waals surface area contributed by atoms with Gasteiger partial charge < -0.3 is 19.3 Å². The van der Waals surface area contributed by atoms with E-state index in [2.05, 4.69) is 0 Å². The Hall–Kier alpha value is -3.62. The van der Waals surface area contributed by atoms with E-state index in [1.807, 2.05) is 23.1 Å². The molecule has 0 spiro atoms. The van der Waals surface area contributed by atoms with Crippen molar-refractivity contribution in [2.45, 2.75) is 12.3 Å². The summed E-state index contributed by atoms with van der Waals surface area (Å²) in [4.78, 5) is 39.5. The van der Waals surface area contributed by atoms with Crippen LogP contribution in [0.25, 0.3) is 0 Å². The van der Waals surface area contributed by atoms with Crippen LogP contribution in [0.3, 0.4) is 0 Å². The van der Waals surface area contributed by atoms with Crippen LogP contribution in [0, 0.1) is 16.0 Å². The number of ether oxygens (including phenoxy) is 2. The first-order valence-electron chi connectivity index (χ1n) is 10.2. The monoisotopic (exact) mass is 423 g/mol. The topological polar surface area (TPSA) is 102 Å². The van der Waals surface area contributed by atoms with Crippen molar-refractivity contribution in [1.29, 1.82) is 0 Å². The highest BCUT2D eigenvalue weighted by Gasteiger charge is 2.46. The number of amides is 2. The van der Waals surface area contributed by atoms with Crippen molar-refractivity contribution in [2.24, 2.45) is 5.92 Å². The molecule has 1 aliphatic carbocycles. The zero-order valence-corrected chi connectivity index (χ0v) is 16.7. The van der Waals surface area contributed by atoms with Crippen LogP contribution in [0.2, 0.25) is 0 Å². The lowest BCUT2D eigenvalue weighted by Gasteiger charge is -2.35. The Morgan fingerprint density at radius 1 is 0.968 bits per heavy atom. The van der Waals surface area contributed by atoms with Crippen LogP contribution in [0.5, 0.6) is 11.5 Å². The fourth-order valence-corrected chi connectivity index (χ4v) is 4.28. The van der Waals surface area contributed by atoms with Gasteiger partial charge in [-0.25, -0.2) is 0 Å². The molecule has 1 saturated heterocycles. The summed E-state index contributed by atoms with van der Waals surface area (Å²) in [5.74, 6) is 1.47. The van der Waals surface area contributed by atoms with Crippen LogP contribution in [0.15, 0.2) is 42.5 Å². The number of nitro groups is 1. The molecule has 2 atom stereocenters. The number of rotatable bonds is 4. The molecule has 2 aromatic carbocycles. The Morgan fingerprint density at radius 2 is 1.71 bits per heavy atom. The SMILES string of the molecule is O=C(c1cccc([N+](=O)[O-])c1)N1CCN(C(=O)C2CC2c2ccc3c(c2)OCO3)CC1. The number of benzene rings is 2. The number of non-ortho nitro benzene ring substituents is 1. The van der Waals surface area contributed by atoms with Crippen LogP contribution < -0.4 is 9.47 Å². The predicted molar refractivity (Wildman–Crippen MR) is 109 cm³/mol. The molecule has 0 N–H and O–H groups in total. The van der Waals surface area contributed by atoms with E-state index in [1.54, 1.807) is 11.0 Å². The van der Waals surface area contributed by atoms with Gasteiger partial charge in [0.2, 0.25) is 12.7 Å². The average Bonchev–Trinajstić information content (AvgIpc) is 3.47. The zero-order chi connectivity index (χ0) is 21.5. The van der Waals surface area contributed by atoms with Gasteiger partial charge in [-0.2, -0.15) is 0 Å². The molecule has 2 aliphatic heterocycles. The van der Waals surface area contributed by atoms with Crippen molar-refractivity contribution in [1.82, 2.24) is 9.80 Å². The third kappa shape index (κ3) is 3.67. The fraction of sp³-hybridized carbons (Fsp3) is 0.364. The van der Waals surface area contributed by atoms with Gasteiger partial charge >= 0.3 is 0 Å². The summed E-state index contributed by atoms with van der Waals surface area (Å²) >= 11 is 0. The number of nitro benzene ring substituents is 1. The van der Waals surface area contributed by atoms with E-state index in [4.69, 9.17) is 9.47 Å². The zero-order valence-electron chi connectivity index (χ0n) is 16.7. The first-order valence-corrected chi connectivity index (χ1v) is 10.2. The number of carbonyl (C=O) groups is 2. The average molecular weight is 423 g/mol. The Bertz CT molecular complexity index is 1060. The second-order valence-electron chi connectivity index (χ2n) is 7.99. The molecule has 160 valence electrons. The Balaban J connectivity index is 1.17. The van der Waals surface area contributed by atoms with E-state index in [9.17, 15) is 19.7 Å². The molecule has 2 heterocycles. The van der Waals surface area contributed by atoms with Gasteiger partial charge in [0.15, 0.2) is 11.5 Å². The summed E-state index contributed by atoms with van der Waals surface area (Å²) in [6.07, 6.45) is 0.811. The minimum Gasteiger partial charge on any atom is -0.454 e. The van der Waals surface area contributed by atoms with Crippen molar-refractivity contribution in [3.8, 4) is 11.5 Å². The minimum atomic E-state index is -0.514. The number of hydrogen-bond acceptors (Lipinski definition) is 6. The lowest BCUT2D eigenvalue weighted by Crippen LogP contribution is -2.51. The van der Waals surface area contributed by atoms with Crippen LogP contribution in [0.4, 0.5) is 5.69 Å². The Kier molecular flexibility index (Phi) is 4.72. The van der Waals surface area contributed by atoms with Gasteiger partial charge in [0.1, 0.15) is 0 Å². The smallest absolute Gasteiger partial charge is 0.270 e. The minimum absolute atomic E-state index is 0.0422. The maximum absolute atomic E-state index is 12.9. The predicted octanol–water partition coefficient (Wildman–Crippen LogP) is 2.41. The Labute approximate surface area is 178 Å². The Morgan fingerprint density at radius 3 is 2.48 bits per heavy atom. The fourth-order valence-electron chi connectivity index (χ4n) is 4.28. The van der Waals surface area contributed by atoms with Gasteiger partial charge in [0.05, 0.1) is 4.92 Å². The van der Waals surface area contributed by atoms with Crippen molar-refractivity contribution in [2.75, 3.05) is 33.0 Å². The molecule has 9 heteroatoms.